The second-order valence-corrected chi connectivity index (χ2v) is 5.72. The van der Waals surface area contributed by atoms with Crippen LogP contribution in [0.5, 0.6) is 17.2 Å². The topological polar surface area (TPSA) is 39.7 Å². The van der Waals surface area contributed by atoms with Crippen LogP contribution in [0.25, 0.3) is 0 Å². The van der Waals surface area contributed by atoms with Crippen LogP contribution >= 0.6 is 0 Å². The lowest BCUT2D eigenvalue weighted by molar-refractivity contribution is -0.00000575. The van der Waals surface area contributed by atoms with Crippen LogP contribution in [-0.4, -0.2) is 26.3 Å². The van der Waals surface area contributed by atoms with Gasteiger partial charge >= 0.3 is 1.43 Å². The van der Waals surface area contributed by atoms with E-state index < -0.39 is 0 Å². The van der Waals surface area contributed by atoms with Crippen molar-refractivity contribution in [2.45, 2.75) is 25.5 Å². The highest BCUT2D eigenvalue weighted by Gasteiger charge is 2.14. The molecule has 0 spiro atoms. The first kappa shape index (κ1) is 18.4. The minimum absolute atomic E-state index is 0. The SMILES string of the molecule is COc1cccc(COc2ccc(OC[C@H]3CCCN3)cc2)c1.[Cl-].[H+]. The molecule has 0 amide bonds. The summed E-state index contributed by atoms with van der Waals surface area (Å²) in [7, 11) is 1.67. The summed E-state index contributed by atoms with van der Waals surface area (Å²) in [6.45, 7) is 2.35. The lowest BCUT2D eigenvalue weighted by Gasteiger charge is -2.12. The van der Waals surface area contributed by atoms with Crippen molar-refractivity contribution in [3.63, 3.8) is 0 Å². The zero-order valence-electron chi connectivity index (χ0n) is 14.8. The van der Waals surface area contributed by atoms with Gasteiger partial charge in [0.15, 0.2) is 0 Å². The predicted octanol–water partition coefficient (Wildman–Crippen LogP) is 0.521. The van der Waals surface area contributed by atoms with Crippen LogP contribution in [0.1, 0.15) is 19.8 Å². The Morgan fingerprint density at radius 1 is 1.04 bits per heavy atom. The third kappa shape index (κ3) is 5.32. The molecule has 1 aliphatic heterocycles. The van der Waals surface area contributed by atoms with E-state index in [0.29, 0.717) is 12.6 Å². The quantitative estimate of drug-likeness (QED) is 0.791. The second kappa shape index (κ2) is 9.40. The van der Waals surface area contributed by atoms with Gasteiger partial charge in [0.2, 0.25) is 0 Å². The van der Waals surface area contributed by atoms with Crippen molar-refractivity contribution >= 4 is 0 Å². The first-order valence-corrected chi connectivity index (χ1v) is 8.05. The molecule has 1 N–H and O–H groups in total. The fourth-order valence-corrected chi connectivity index (χ4v) is 2.66. The standard InChI is InChI=1S/C19H23NO3.ClH/c1-21-19-6-2-4-15(12-19)13-22-17-7-9-18(10-8-17)23-14-16-5-3-11-20-16;/h2,4,6-10,12,16,20H,3,5,11,13-14H2,1H3;1H/t16-;/m1./s1. The molecule has 24 heavy (non-hydrogen) atoms. The van der Waals surface area contributed by atoms with Gasteiger partial charge in [-0.15, -0.1) is 0 Å². The molecule has 1 atom stereocenters. The average molecular weight is 350 g/mol. The summed E-state index contributed by atoms with van der Waals surface area (Å²) in [5.74, 6) is 2.56. The second-order valence-electron chi connectivity index (χ2n) is 5.72. The molecule has 1 fully saturated rings. The largest absolute Gasteiger partial charge is 1.00 e. The van der Waals surface area contributed by atoms with Crippen LogP contribution in [0, 0.1) is 0 Å². The Labute approximate surface area is 151 Å². The van der Waals surface area contributed by atoms with Gasteiger partial charge in [0.05, 0.1) is 7.11 Å². The summed E-state index contributed by atoms with van der Waals surface area (Å²) < 4.78 is 16.8. The molecule has 0 saturated carbocycles. The monoisotopic (exact) mass is 349 g/mol. The smallest absolute Gasteiger partial charge is 1.00 e. The molecular weight excluding hydrogens is 326 g/mol. The van der Waals surface area contributed by atoms with Gasteiger partial charge in [0.25, 0.3) is 0 Å². The number of methoxy groups -OCH3 is 1. The number of ether oxygens (including phenoxy) is 3. The van der Waals surface area contributed by atoms with E-state index in [4.69, 9.17) is 14.2 Å². The zero-order chi connectivity index (χ0) is 15.9. The maximum Gasteiger partial charge on any atom is 1.00 e. The first-order chi connectivity index (χ1) is 11.3. The molecule has 130 valence electrons. The molecule has 4 nitrogen and oxygen atoms in total. The summed E-state index contributed by atoms with van der Waals surface area (Å²) >= 11 is 0. The highest BCUT2D eigenvalue weighted by molar-refractivity contribution is 5.32. The summed E-state index contributed by atoms with van der Waals surface area (Å²) in [6.07, 6.45) is 2.44. The molecule has 0 radical (unpaired) electrons. The highest BCUT2D eigenvalue weighted by atomic mass is 35.5. The van der Waals surface area contributed by atoms with Crippen molar-refractivity contribution in [2.24, 2.45) is 0 Å². The van der Waals surface area contributed by atoms with Gasteiger partial charge < -0.3 is 31.9 Å². The van der Waals surface area contributed by atoms with E-state index in [1.165, 1.54) is 12.8 Å². The van der Waals surface area contributed by atoms with E-state index in [1.54, 1.807) is 7.11 Å². The number of hydrogen-bond donors (Lipinski definition) is 1. The van der Waals surface area contributed by atoms with Gasteiger partial charge in [0, 0.05) is 6.04 Å². The molecule has 2 aromatic carbocycles. The minimum Gasteiger partial charge on any atom is -1.00 e. The van der Waals surface area contributed by atoms with Gasteiger partial charge in [0.1, 0.15) is 30.5 Å². The number of rotatable bonds is 7. The summed E-state index contributed by atoms with van der Waals surface area (Å²) in [4.78, 5) is 0. The maximum absolute atomic E-state index is 5.80. The van der Waals surface area contributed by atoms with Crippen molar-refractivity contribution < 1.29 is 28.0 Å². The average Bonchev–Trinajstić information content (AvgIpc) is 3.13. The number of nitrogens with one attached hydrogen (secondary N) is 1. The van der Waals surface area contributed by atoms with Crippen molar-refractivity contribution in [2.75, 3.05) is 20.3 Å². The molecule has 1 saturated heterocycles. The molecule has 0 aliphatic carbocycles. The molecule has 0 bridgehead atoms. The Balaban J connectivity index is 0.00000156. The van der Waals surface area contributed by atoms with Crippen LogP contribution < -0.4 is 31.9 Å². The summed E-state index contributed by atoms with van der Waals surface area (Å²) in [6, 6.07) is 16.2. The van der Waals surface area contributed by atoms with Gasteiger partial charge in [-0.1, -0.05) is 12.1 Å². The normalized spacial score (nSPS) is 16.3. The van der Waals surface area contributed by atoms with E-state index in [-0.39, 0.29) is 13.8 Å². The third-order valence-electron chi connectivity index (χ3n) is 3.98. The molecule has 1 heterocycles. The van der Waals surface area contributed by atoms with Gasteiger partial charge in [-0.05, 0) is 61.3 Å². The number of halogens is 1. The number of hydrogen-bond acceptors (Lipinski definition) is 4. The van der Waals surface area contributed by atoms with E-state index in [9.17, 15) is 0 Å². The van der Waals surface area contributed by atoms with Crippen LogP contribution in [0.15, 0.2) is 48.5 Å². The van der Waals surface area contributed by atoms with Crippen LogP contribution in [0.2, 0.25) is 0 Å². The van der Waals surface area contributed by atoms with Gasteiger partial charge in [-0.2, -0.15) is 0 Å². The lowest BCUT2D eigenvalue weighted by atomic mass is 10.2. The fraction of sp³-hybridized carbons (Fsp3) is 0.368. The molecule has 1 aliphatic rings. The third-order valence-corrected chi connectivity index (χ3v) is 3.98. The number of benzene rings is 2. The van der Waals surface area contributed by atoms with Crippen molar-refractivity contribution in [3.05, 3.63) is 54.1 Å². The summed E-state index contributed by atoms with van der Waals surface area (Å²) in [5.41, 5.74) is 1.08. The van der Waals surface area contributed by atoms with E-state index >= 15 is 0 Å². The van der Waals surface area contributed by atoms with Crippen molar-refractivity contribution in [1.29, 1.82) is 0 Å². The van der Waals surface area contributed by atoms with E-state index in [2.05, 4.69) is 5.32 Å². The molecule has 0 unspecified atom stereocenters. The highest BCUT2D eigenvalue weighted by Crippen LogP contribution is 2.20. The van der Waals surface area contributed by atoms with Crippen LogP contribution in [0.4, 0.5) is 0 Å². The molecule has 0 aromatic heterocycles. The fourth-order valence-electron chi connectivity index (χ4n) is 2.66. The van der Waals surface area contributed by atoms with Crippen molar-refractivity contribution in [1.82, 2.24) is 5.32 Å². The maximum atomic E-state index is 5.80. The zero-order valence-corrected chi connectivity index (χ0v) is 14.6. The molecule has 3 rings (SSSR count). The predicted molar refractivity (Wildman–Crippen MR) is 91.4 cm³/mol. The lowest BCUT2D eigenvalue weighted by Crippen LogP contribution is -3.00. The van der Waals surface area contributed by atoms with E-state index in [1.807, 2.05) is 48.5 Å². The van der Waals surface area contributed by atoms with Crippen LogP contribution in [-0.2, 0) is 6.61 Å². The Kier molecular flexibility index (Phi) is 7.22. The molecule has 5 heteroatoms. The van der Waals surface area contributed by atoms with Gasteiger partial charge in [-0.3, -0.25) is 0 Å². The Bertz CT molecular complexity index is 618. The summed E-state index contributed by atoms with van der Waals surface area (Å²) in [5, 5.41) is 3.43. The molecule has 2 aromatic rings. The first-order valence-electron chi connectivity index (χ1n) is 8.05. The van der Waals surface area contributed by atoms with Crippen molar-refractivity contribution in [3.8, 4) is 17.2 Å². The Morgan fingerprint density at radius 2 is 1.79 bits per heavy atom. The van der Waals surface area contributed by atoms with Crippen LogP contribution in [0.3, 0.4) is 0 Å². The van der Waals surface area contributed by atoms with Gasteiger partial charge in [-0.25, -0.2) is 0 Å². The minimum atomic E-state index is 0. The molecular formula is C19H24ClNO3. The Morgan fingerprint density at radius 3 is 2.46 bits per heavy atom. The van der Waals surface area contributed by atoms with E-state index in [0.717, 1.165) is 36.0 Å². The Hall–Kier alpha value is -1.91.